The van der Waals surface area contributed by atoms with Gasteiger partial charge < -0.3 is 21.1 Å². The van der Waals surface area contributed by atoms with Crippen LogP contribution in [0, 0.1) is 5.92 Å². The summed E-state index contributed by atoms with van der Waals surface area (Å²) in [7, 11) is 0. The van der Waals surface area contributed by atoms with Gasteiger partial charge in [-0.3, -0.25) is 9.59 Å². The number of nitrogens with zero attached hydrogens (tertiary/aromatic N) is 1. The van der Waals surface area contributed by atoms with E-state index in [4.69, 9.17) is 15.6 Å². The third-order valence-corrected chi connectivity index (χ3v) is 4.43. The summed E-state index contributed by atoms with van der Waals surface area (Å²) < 4.78 is 31.7. The summed E-state index contributed by atoms with van der Waals surface area (Å²) in [6.07, 6.45) is -2.03. The lowest BCUT2D eigenvalue weighted by Gasteiger charge is -2.23. The molecule has 0 aliphatic heterocycles. The Bertz CT molecular complexity index is 959. The predicted octanol–water partition coefficient (Wildman–Crippen LogP) is 1.45. The van der Waals surface area contributed by atoms with Gasteiger partial charge in [0.1, 0.15) is 11.6 Å². The Morgan fingerprint density at radius 1 is 1.27 bits per heavy atom. The first-order chi connectivity index (χ1) is 14.1. The Kier molecular flexibility index (Phi) is 7.56. The molecule has 3 rings (SSSR count). The van der Waals surface area contributed by atoms with Crippen LogP contribution in [-0.4, -0.2) is 39.7 Å². The molecule has 1 atom stereocenters. The lowest BCUT2D eigenvalue weighted by Crippen LogP contribution is -2.35. The Hall–Kier alpha value is -3.37. The summed E-state index contributed by atoms with van der Waals surface area (Å²) in [5, 5.41) is 10.1. The number of nitrogens with two attached hydrogens (primary N) is 1. The molecule has 0 fully saturated rings. The van der Waals surface area contributed by atoms with E-state index in [1.54, 1.807) is 0 Å². The molecular formula is C19H21F3N4O4. The van der Waals surface area contributed by atoms with Gasteiger partial charge in [-0.25, -0.2) is 9.78 Å². The molecule has 0 saturated heterocycles. The fourth-order valence-electron chi connectivity index (χ4n) is 3.02. The summed E-state index contributed by atoms with van der Waals surface area (Å²) in [5.74, 6) is -2.00. The number of carbonyl (C=O) groups is 2. The monoisotopic (exact) mass is 426 g/mol. The van der Waals surface area contributed by atoms with Crippen LogP contribution in [0.25, 0.3) is 0 Å². The summed E-state index contributed by atoms with van der Waals surface area (Å²) in [5.41, 5.74) is 7.87. The molecule has 1 aliphatic rings. The lowest BCUT2D eigenvalue weighted by molar-refractivity contribution is -0.192. The molecule has 1 aliphatic carbocycles. The van der Waals surface area contributed by atoms with E-state index in [0.717, 1.165) is 19.3 Å². The van der Waals surface area contributed by atoms with Gasteiger partial charge in [0.05, 0.1) is 0 Å². The number of anilines is 1. The van der Waals surface area contributed by atoms with Crippen LogP contribution in [0.4, 0.5) is 19.0 Å². The molecule has 5 N–H and O–H groups in total. The zero-order valence-electron chi connectivity index (χ0n) is 15.8. The minimum atomic E-state index is -5.08. The first-order valence-corrected chi connectivity index (χ1v) is 9.06. The molecule has 0 spiro atoms. The fraction of sp³-hybridized carbons (Fsp3) is 0.368. The second-order valence-corrected chi connectivity index (χ2v) is 6.67. The Morgan fingerprint density at radius 3 is 2.50 bits per heavy atom. The topological polar surface area (TPSA) is 138 Å². The summed E-state index contributed by atoms with van der Waals surface area (Å²) in [4.78, 5) is 39.2. The van der Waals surface area contributed by atoms with Gasteiger partial charge in [0, 0.05) is 24.9 Å². The molecule has 1 amide bonds. The number of fused-ring (bicyclic) bond motifs is 1. The summed E-state index contributed by atoms with van der Waals surface area (Å²) >= 11 is 0. The van der Waals surface area contributed by atoms with Gasteiger partial charge in [-0.15, -0.1) is 0 Å². The smallest absolute Gasteiger partial charge is 0.475 e. The number of nitrogens with one attached hydrogen (secondary N) is 2. The number of hydrogen-bond acceptors (Lipinski definition) is 5. The normalized spacial score (nSPS) is 15.4. The van der Waals surface area contributed by atoms with Crippen LogP contribution in [0.5, 0.6) is 0 Å². The van der Waals surface area contributed by atoms with Crippen molar-refractivity contribution < 1.29 is 27.9 Å². The van der Waals surface area contributed by atoms with Gasteiger partial charge in [-0.1, -0.05) is 24.3 Å². The van der Waals surface area contributed by atoms with Crippen LogP contribution < -0.4 is 16.6 Å². The number of aromatic amines is 1. The number of nitrogen functional groups attached to an aromatic ring is 1. The van der Waals surface area contributed by atoms with E-state index in [-0.39, 0.29) is 23.2 Å². The maximum absolute atomic E-state index is 12.3. The minimum absolute atomic E-state index is 0.0118. The number of benzene rings is 1. The van der Waals surface area contributed by atoms with Crippen LogP contribution in [0.1, 0.15) is 23.4 Å². The average Bonchev–Trinajstić information content (AvgIpc) is 2.66. The number of aliphatic carboxylic acids is 1. The number of H-pyrrole nitrogens is 1. The van der Waals surface area contributed by atoms with Gasteiger partial charge in [-0.05, 0) is 30.4 Å². The highest BCUT2D eigenvalue weighted by Crippen LogP contribution is 2.25. The van der Waals surface area contributed by atoms with E-state index >= 15 is 0 Å². The van der Waals surface area contributed by atoms with Gasteiger partial charge >= 0.3 is 12.1 Å². The highest BCUT2D eigenvalue weighted by Gasteiger charge is 2.38. The maximum Gasteiger partial charge on any atom is 0.490 e. The van der Waals surface area contributed by atoms with E-state index in [1.807, 2.05) is 12.1 Å². The van der Waals surface area contributed by atoms with Crippen molar-refractivity contribution in [1.82, 2.24) is 15.3 Å². The number of halogens is 3. The number of aromatic nitrogens is 2. The average molecular weight is 426 g/mol. The molecule has 1 aromatic carbocycles. The number of aryl methyl sites for hydroxylation is 1. The van der Waals surface area contributed by atoms with E-state index in [2.05, 4.69) is 27.4 Å². The van der Waals surface area contributed by atoms with Crippen LogP contribution in [-0.2, 0) is 28.9 Å². The number of hydrogen-bond donors (Lipinski definition) is 4. The first-order valence-electron chi connectivity index (χ1n) is 9.06. The summed E-state index contributed by atoms with van der Waals surface area (Å²) in [6.45, 7) is 0.434. The van der Waals surface area contributed by atoms with Crippen molar-refractivity contribution in [2.75, 3.05) is 12.3 Å². The molecule has 0 bridgehead atoms. The highest BCUT2D eigenvalue weighted by atomic mass is 19.4. The van der Waals surface area contributed by atoms with Gasteiger partial charge in [-0.2, -0.15) is 13.2 Å². The number of amides is 1. The van der Waals surface area contributed by atoms with Crippen molar-refractivity contribution in [2.45, 2.75) is 31.9 Å². The van der Waals surface area contributed by atoms with Crippen molar-refractivity contribution in [3.63, 3.8) is 0 Å². The van der Waals surface area contributed by atoms with Crippen molar-refractivity contribution >= 4 is 17.7 Å². The minimum Gasteiger partial charge on any atom is -0.475 e. The standard InChI is InChI=1S/C17H20N4O2.C2HF3O2/c18-14-10-16(22)21-15(20-14)7-8-19-17(23)13-6-5-11-3-1-2-4-12(11)9-13;3-2(4,5)1(6)7/h1-4,10,13H,5-9H2,(H,19,23)(H3,18,20,21,22);(H,6,7). The Balaban J connectivity index is 0.000000396. The number of carboxylic acids is 1. The van der Waals surface area contributed by atoms with Crippen LogP contribution in [0.2, 0.25) is 0 Å². The van der Waals surface area contributed by atoms with Crippen LogP contribution in [0.15, 0.2) is 35.1 Å². The van der Waals surface area contributed by atoms with Gasteiger partial charge in [0.2, 0.25) is 5.91 Å². The number of carboxylic acid groups (broad SMARTS) is 1. The van der Waals surface area contributed by atoms with Crippen LogP contribution in [0.3, 0.4) is 0 Å². The predicted molar refractivity (Wildman–Crippen MR) is 102 cm³/mol. The molecule has 1 aromatic heterocycles. The second-order valence-electron chi connectivity index (χ2n) is 6.67. The van der Waals surface area contributed by atoms with Crippen LogP contribution >= 0.6 is 0 Å². The van der Waals surface area contributed by atoms with E-state index in [9.17, 15) is 22.8 Å². The number of carbonyl (C=O) groups excluding carboxylic acids is 1. The molecule has 162 valence electrons. The molecule has 11 heteroatoms. The molecule has 1 unspecified atom stereocenters. The third-order valence-electron chi connectivity index (χ3n) is 4.43. The van der Waals surface area contributed by atoms with E-state index in [0.29, 0.717) is 18.8 Å². The Morgan fingerprint density at radius 2 is 1.90 bits per heavy atom. The SMILES string of the molecule is Nc1cc(=O)[nH]c(CCNC(=O)C2CCc3ccccc3C2)n1.O=C(O)C(F)(F)F. The van der Waals surface area contributed by atoms with Crippen molar-refractivity contribution in [3.8, 4) is 0 Å². The highest BCUT2D eigenvalue weighted by molar-refractivity contribution is 5.79. The molecule has 30 heavy (non-hydrogen) atoms. The quantitative estimate of drug-likeness (QED) is 0.584. The first kappa shape index (κ1) is 22.9. The lowest BCUT2D eigenvalue weighted by atomic mass is 9.83. The third kappa shape index (κ3) is 6.90. The van der Waals surface area contributed by atoms with Crippen molar-refractivity contribution in [1.29, 1.82) is 0 Å². The molecule has 2 aromatic rings. The van der Waals surface area contributed by atoms with Crippen molar-refractivity contribution in [3.05, 3.63) is 57.6 Å². The molecule has 0 saturated carbocycles. The zero-order chi connectivity index (χ0) is 22.3. The molecule has 1 heterocycles. The largest absolute Gasteiger partial charge is 0.490 e. The summed E-state index contributed by atoms with van der Waals surface area (Å²) in [6, 6.07) is 9.52. The van der Waals surface area contributed by atoms with Gasteiger partial charge in [0.15, 0.2) is 0 Å². The second kappa shape index (κ2) is 9.90. The molecule has 8 nitrogen and oxygen atoms in total. The molecule has 0 radical (unpaired) electrons. The number of rotatable bonds is 4. The fourth-order valence-corrected chi connectivity index (χ4v) is 3.02. The van der Waals surface area contributed by atoms with Crippen molar-refractivity contribution in [2.24, 2.45) is 5.92 Å². The Labute approximate surface area is 169 Å². The van der Waals surface area contributed by atoms with E-state index < -0.39 is 12.1 Å². The van der Waals surface area contributed by atoms with E-state index in [1.165, 1.54) is 17.2 Å². The zero-order valence-corrected chi connectivity index (χ0v) is 15.8. The van der Waals surface area contributed by atoms with Gasteiger partial charge in [0.25, 0.3) is 5.56 Å². The maximum atomic E-state index is 12.3. The molecular weight excluding hydrogens is 405 g/mol. The number of alkyl halides is 3.